The minimum Gasteiger partial charge on any atom is -0.366 e. The number of benzene rings is 1. The third-order valence-electron chi connectivity index (χ3n) is 1.95. The van der Waals surface area contributed by atoms with Crippen LogP contribution in [-0.4, -0.2) is 6.04 Å². The van der Waals surface area contributed by atoms with Gasteiger partial charge in [0.2, 0.25) is 0 Å². The summed E-state index contributed by atoms with van der Waals surface area (Å²) in [6, 6.07) is 9.79. The highest BCUT2D eigenvalue weighted by Gasteiger charge is 2.06. The molecule has 1 aromatic rings. The number of rotatable bonds is 3. The Morgan fingerprint density at radius 2 is 2.29 bits per heavy atom. The molecule has 0 amide bonds. The first-order chi connectivity index (χ1) is 6.63. The summed E-state index contributed by atoms with van der Waals surface area (Å²) in [5.41, 5.74) is 2.96. The maximum atomic E-state index is 8.85. The molecule has 14 heavy (non-hydrogen) atoms. The minimum atomic E-state index is -0.309. The zero-order chi connectivity index (χ0) is 10.6. The molecule has 0 aliphatic rings. The number of nitriles is 1. The Morgan fingerprint density at radius 1 is 1.57 bits per heavy atom. The first kappa shape index (κ1) is 10.3. The minimum absolute atomic E-state index is 0.309. The van der Waals surface area contributed by atoms with Gasteiger partial charge in [-0.05, 0) is 37.1 Å². The van der Waals surface area contributed by atoms with Crippen molar-refractivity contribution < 1.29 is 0 Å². The van der Waals surface area contributed by atoms with Crippen LogP contribution in [0.1, 0.15) is 12.5 Å². The van der Waals surface area contributed by atoms with E-state index >= 15 is 0 Å². The van der Waals surface area contributed by atoms with Crippen molar-refractivity contribution in [2.24, 2.45) is 0 Å². The standard InChI is InChI=1S/C12H14N2/c1-9(2)12(8-13)14-11-6-4-5-10(3)7-11/h4-7,12,14H,1H2,2-3H3. The molecule has 0 heterocycles. The molecule has 1 unspecified atom stereocenters. The first-order valence-corrected chi connectivity index (χ1v) is 4.51. The Labute approximate surface area is 84.9 Å². The summed E-state index contributed by atoms with van der Waals surface area (Å²) in [6.07, 6.45) is 0. The van der Waals surface area contributed by atoms with E-state index in [2.05, 4.69) is 18.0 Å². The maximum Gasteiger partial charge on any atom is 0.135 e. The van der Waals surface area contributed by atoms with E-state index in [0.717, 1.165) is 11.3 Å². The van der Waals surface area contributed by atoms with Gasteiger partial charge in [0.1, 0.15) is 6.04 Å². The van der Waals surface area contributed by atoms with E-state index in [0.29, 0.717) is 0 Å². The molecule has 2 nitrogen and oxygen atoms in total. The van der Waals surface area contributed by atoms with E-state index in [-0.39, 0.29) is 6.04 Å². The van der Waals surface area contributed by atoms with Crippen LogP contribution in [0.15, 0.2) is 36.4 Å². The summed E-state index contributed by atoms with van der Waals surface area (Å²) in [6.45, 7) is 7.62. The van der Waals surface area contributed by atoms with E-state index in [9.17, 15) is 0 Å². The first-order valence-electron chi connectivity index (χ1n) is 4.51. The van der Waals surface area contributed by atoms with E-state index in [1.165, 1.54) is 5.56 Å². The van der Waals surface area contributed by atoms with Gasteiger partial charge >= 0.3 is 0 Å². The van der Waals surface area contributed by atoms with Crippen LogP contribution in [0.5, 0.6) is 0 Å². The third kappa shape index (κ3) is 2.63. The lowest BCUT2D eigenvalue weighted by atomic mass is 10.1. The van der Waals surface area contributed by atoms with Gasteiger partial charge in [0.15, 0.2) is 0 Å². The summed E-state index contributed by atoms with van der Waals surface area (Å²) >= 11 is 0. The smallest absolute Gasteiger partial charge is 0.135 e. The fourth-order valence-corrected chi connectivity index (χ4v) is 1.17. The molecule has 2 heteroatoms. The zero-order valence-corrected chi connectivity index (χ0v) is 8.54. The van der Waals surface area contributed by atoms with Crippen LogP contribution in [-0.2, 0) is 0 Å². The Bertz CT molecular complexity index is 374. The van der Waals surface area contributed by atoms with Crippen molar-refractivity contribution in [1.29, 1.82) is 5.26 Å². The molecular weight excluding hydrogens is 172 g/mol. The van der Waals surface area contributed by atoms with Gasteiger partial charge in [-0.2, -0.15) is 5.26 Å². The maximum absolute atomic E-state index is 8.85. The molecule has 0 fully saturated rings. The highest BCUT2D eigenvalue weighted by molar-refractivity contribution is 5.49. The summed E-state index contributed by atoms with van der Waals surface area (Å²) in [4.78, 5) is 0. The lowest BCUT2D eigenvalue weighted by molar-refractivity contribution is 1.03. The normalized spacial score (nSPS) is 11.5. The zero-order valence-electron chi connectivity index (χ0n) is 8.54. The topological polar surface area (TPSA) is 35.8 Å². The van der Waals surface area contributed by atoms with E-state index in [4.69, 9.17) is 5.26 Å². The van der Waals surface area contributed by atoms with Crippen molar-refractivity contribution >= 4 is 5.69 Å². The lowest BCUT2D eigenvalue weighted by Crippen LogP contribution is -2.17. The van der Waals surface area contributed by atoms with Gasteiger partial charge in [-0.25, -0.2) is 0 Å². The molecule has 1 rings (SSSR count). The number of anilines is 1. The van der Waals surface area contributed by atoms with Gasteiger partial charge in [0.25, 0.3) is 0 Å². The van der Waals surface area contributed by atoms with Crippen molar-refractivity contribution in [2.45, 2.75) is 19.9 Å². The molecule has 0 radical (unpaired) electrons. The quantitative estimate of drug-likeness (QED) is 0.737. The fraction of sp³-hybridized carbons (Fsp3) is 0.250. The average molecular weight is 186 g/mol. The van der Waals surface area contributed by atoms with Gasteiger partial charge in [0.05, 0.1) is 6.07 Å². The van der Waals surface area contributed by atoms with Crippen molar-refractivity contribution in [3.05, 3.63) is 42.0 Å². The van der Waals surface area contributed by atoms with Crippen molar-refractivity contribution in [3.8, 4) is 6.07 Å². The van der Waals surface area contributed by atoms with Gasteiger partial charge in [-0.1, -0.05) is 18.7 Å². The summed E-state index contributed by atoms with van der Waals surface area (Å²) in [5, 5.41) is 12.0. The predicted octanol–water partition coefficient (Wildman–Crippen LogP) is 2.88. The number of hydrogen-bond donors (Lipinski definition) is 1. The van der Waals surface area contributed by atoms with Crippen LogP contribution in [0.4, 0.5) is 5.69 Å². The van der Waals surface area contributed by atoms with Crippen LogP contribution >= 0.6 is 0 Å². The van der Waals surface area contributed by atoms with Crippen molar-refractivity contribution in [1.82, 2.24) is 0 Å². The second-order valence-electron chi connectivity index (χ2n) is 3.42. The Balaban J connectivity index is 2.78. The number of hydrogen-bond acceptors (Lipinski definition) is 2. The van der Waals surface area contributed by atoms with E-state index in [1.54, 1.807) is 0 Å². The number of aryl methyl sites for hydroxylation is 1. The molecule has 0 bridgehead atoms. The molecule has 1 aromatic carbocycles. The number of nitrogens with one attached hydrogen (secondary N) is 1. The SMILES string of the molecule is C=C(C)C(C#N)Nc1cccc(C)c1. The van der Waals surface area contributed by atoms with Crippen molar-refractivity contribution in [2.75, 3.05) is 5.32 Å². The Kier molecular flexibility index (Phi) is 3.30. The molecule has 0 spiro atoms. The van der Waals surface area contributed by atoms with Crippen LogP contribution in [0.3, 0.4) is 0 Å². The van der Waals surface area contributed by atoms with E-state index < -0.39 is 0 Å². The van der Waals surface area contributed by atoms with Gasteiger partial charge in [-0.3, -0.25) is 0 Å². The summed E-state index contributed by atoms with van der Waals surface area (Å²) in [7, 11) is 0. The van der Waals surface area contributed by atoms with Crippen LogP contribution in [0.2, 0.25) is 0 Å². The fourth-order valence-electron chi connectivity index (χ4n) is 1.17. The largest absolute Gasteiger partial charge is 0.366 e. The highest BCUT2D eigenvalue weighted by atomic mass is 14.9. The third-order valence-corrected chi connectivity index (χ3v) is 1.95. The summed E-state index contributed by atoms with van der Waals surface area (Å²) < 4.78 is 0. The summed E-state index contributed by atoms with van der Waals surface area (Å²) in [5.74, 6) is 0. The molecule has 1 atom stereocenters. The van der Waals surface area contributed by atoms with Crippen molar-refractivity contribution in [3.63, 3.8) is 0 Å². The molecule has 0 aromatic heterocycles. The van der Waals surface area contributed by atoms with Gasteiger partial charge in [-0.15, -0.1) is 0 Å². The second-order valence-corrected chi connectivity index (χ2v) is 3.42. The molecule has 72 valence electrons. The lowest BCUT2D eigenvalue weighted by Gasteiger charge is -2.12. The average Bonchev–Trinajstić information content (AvgIpc) is 2.14. The Hall–Kier alpha value is -1.75. The molecular formula is C12H14N2. The van der Waals surface area contributed by atoms with Gasteiger partial charge in [0, 0.05) is 5.69 Å². The van der Waals surface area contributed by atoms with Crippen LogP contribution in [0.25, 0.3) is 0 Å². The number of nitrogens with zero attached hydrogens (tertiary/aromatic N) is 1. The van der Waals surface area contributed by atoms with Crippen LogP contribution < -0.4 is 5.32 Å². The second kappa shape index (κ2) is 4.48. The molecule has 0 saturated heterocycles. The molecule has 0 aliphatic heterocycles. The monoisotopic (exact) mass is 186 g/mol. The molecule has 0 saturated carbocycles. The molecule has 1 N–H and O–H groups in total. The van der Waals surface area contributed by atoms with Crippen LogP contribution in [0, 0.1) is 18.3 Å². The Morgan fingerprint density at radius 3 is 2.79 bits per heavy atom. The van der Waals surface area contributed by atoms with Gasteiger partial charge < -0.3 is 5.32 Å². The molecule has 0 aliphatic carbocycles. The highest BCUT2D eigenvalue weighted by Crippen LogP contribution is 2.12. The predicted molar refractivity (Wildman–Crippen MR) is 59.0 cm³/mol. The van der Waals surface area contributed by atoms with E-state index in [1.807, 2.05) is 38.1 Å².